The number of aromatic nitrogens is 1. The predicted octanol–water partition coefficient (Wildman–Crippen LogP) is 2.77. The number of halogens is 1. The number of rotatable bonds is 5. The first-order chi connectivity index (χ1) is 9.94. The molecule has 0 saturated heterocycles. The molecular weight excluding hydrogens is 330 g/mol. The van der Waals surface area contributed by atoms with Crippen molar-refractivity contribution in [3.05, 3.63) is 41.6 Å². The minimum atomic E-state index is -3.52. The summed E-state index contributed by atoms with van der Waals surface area (Å²) in [6.07, 6.45) is 1.61. The van der Waals surface area contributed by atoms with Crippen LogP contribution in [0.3, 0.4) is 0 Å². The van der Waals surface area contributed by atoms with E-state index in [4.69, 9.17) is 17.3 Å². The van der Waals surface area contributed by atoms with E-state index in [1.165, 1.54) is 23.9 Å². The Balaban J connectivity index is 2.39. The van der Waals surface area contributed by atoms with Gasteiger partial charge in [0.25, 0.3) is 0 Å². The normalized spacial score (nSPS) is 11.5. The van der Waals surface area contributed by atoms with Crippen molar-refractivity contribution in [2.45, 2.75) is 21.7 Å². The molecule has 0 atom stereocenters. The van der Waals surface area contributed by atoms with Gasteiger partial charge in [-0.3, -0.25) is 0 Å². The molecule has 5 nitrogen and oxygen atoms in total. The molecule has 1 aromatic heterocycles. The summed E-state index contributed by atoms with van der Waals surface area (Å²) in [6, 6.07) is 7.98. The van der Waals surface area contributed by atoms with Crippen LogP contribution >= 0.6 is 23.4 Å². The van der Waals surface area contributed by atoms with E-state index < -0.39 is 10.0 Å². The van der Waals surface area contributed by atoms with Gasteiger partial charge in [0.15, 0.2) is 0 Å². The SMILES string of the molecule is CCNS(=O)(=O)c1ccc(N)c(Sc2ncccc2Cl)c1. The summed E-state index contributed by atoms with van der Waals surface area (Å²) in [5, 5.41) is 1.06. The maximum atomic E-state index is 12.0. The van der Waals surface area contributed by atoms with Gasteiger partial charge in [-0.25, -0.2) is 18.1 Å². The minimum Gasteiger partial charge on any atom is -0.398 e. The van der Waals surface area contributed by atoms with Crippen molar-refractivity contribution in [3.8, 4) is 0 Å². The lowest BCUT2D eigenvalue weighted by molar-refractivity contribution is 0.583. The highest BCUT2D eigenvalue weighted by atomic mass is 35.5. The van der Waals surface area contributed by atoms with Crippen LogP contribution in [0.25, 0.3) is 0 Å². The fraction of sp³-hybridized carbons (Fsp3) is 0.154. The highest BCUT2D eigenvalue weighted by Gasteiger charge is 2.15. The molecule has 0 radical (unpaired) electrons. The fourth-order valence-electron chi connectivity index (χ4n) is 1.59. The lowest BCUT2D eigenvalue weighted by Crippen LogP contribution is -2.23. The Hall–Kier alpha value is -1.28. The third-order valence-corrected chi connectivity index (χ3v) is 5.61. The number of hydrogen-bond donors (Lipinski definition) is 2. The number of benzene rings is 1. The Morgan fingerprint density at radius 1 is 1.38 bits per heavy atom. The monoisotopic (exact) mass is 343 g/mol. The van der Waals surface area contributed by atoms with Gasteiger partial charge in [0.2, 0.25) is 10.0 Å². The molecule has 0 aliphatic heterocycles. The summed E-state index contributed by atoms with van der Waals surface area (Å²) in [5.74, 6) is 0. The molecule has 3 N–H and O–H groups in total. The van der Waals surface area contributed by atoms with Gasteiger partial charge in [-0.15, -0.1) is 0 Å². The first-order valence-electron chi connectivity index (χ1n) is 6.11. The number of anilines is 1. The number of pyridine rings is 1. The minimum absolute atomic E-state index is 0.160. The van der Waals surface area contributed by atoms with E-state index in [1.807, 2.05) is 0 Å². The third kappa shape index (κ3) is 3.88. The Bertz CT molecular complexity index is 751. The highest BCUT2D eigenvalue weighted by molar-refractivity contribution is 7.99. The molecule has 112 valence electrons. The number of sulfonamides is 1. The van der Waals surface area contributed by atoms with Gasteiger partial charge in [0.1, 0.15) is 5.03 Å². The maximum absolute atomic E-state index is 12.0. The van der Waals surface area contributed by atoms with Crippen molar-refractivity contribution < 1.29 is 8.42 Å². The molecule has 0 fully saturated rings. The van der Waals surface area contributed by atoms with Crippen LogP contribution in [0.4, 0.5) is 5.69 Å². The molecule has 0 unspecified atom stereocenters. The zero-order valence-electron chi connectivity index (χ0n) is 11.2. The summed E-state index contributed by atoms with van der Waals surface area (Å²) >= 11 is 7.28. The summed E-state index contributed by atoms with van der Waals surface area (Å²) in [6.45, 7) is 2.04. The molecule has 1 aromatic carbocycles. The molecule has 0 bridgehead atoms. The van der Waals surface area contributed by atoms with Crippen LogP contribution in [0.2, 0.25) is 5.02 Å². The van der Waals surface area contributed by atoms with Gasteiger partial charge in [0.05, 0.1) is 9.92 Å². The third-order valence-electron chi connectivity index (χ3n) is 2.56. The average molecular weight is 344 g/mol. The average Bonchev–Trinajstić information content (AvgIpc) is 2.43. The van der Waals surface area contributed by atoms with Crippen molar-refractivity contribution in [2.75, 3.05) is 12.3 Å². The van der Waals surface area contributed by atoms with Gasteiger partial charge in [-0.2, -0.15) is 0 Å². The van der Waals surface area contributed by atoms with Crippen LogP contribution in [0.1, 0.15) is 6.92 Å². The van der Waals surface area contributed by atoms with E-state index in [9.17, 15) is 8.42 Å². The first kappa shape index (κ1) is 16.1. The quantitative estimate of drug-likeness (QED) is 0.815. The topological polar surface area (TPSA) is 85.1 Å². The molecule has 0 aliphatic rings. The molecule has 21 heavy (non-hydrogen) atoms. The second kappa shape index (κ2) is 6.65. The number of hydrogen-bond acceptors (Lipinski definition) is 5. The van der Waals surface area contributed by atoms with Crippen molar-refractivity contribution in [1.29, 1.82) is 0 Å². The second-order valence-corrected chi connectivity index (χ2v) is 7.30. The molecule has 0 aliphatic carbocycles. The molecule has 0 amide bonds. The predicted molar refractivity (Wildman–Crippen MR) is 85.1 cm³/mol. The maximum Gasteiger partial charge on any atom is 0.240 e. The largest absolute Gasteiger partial charge is 0.398 e. The lowest BCUT2D eigenvalue weighted by atomic mass is 10.3. The van der Waals surface area contributed by atoms with Crippen molar-refractivity contribution in [2.24, 2.45) is 0 Å². The van der Waals surface area contributed by atoms with Crippen LogP contribution in [0.5, 0.6) is 0 Å². The molecular formula is C13H14ClN3O2S2. The van der Waals surface area contributed by atoms with Gasteiger partial charge in [-0.1, -0.05) is 30.3 Å². The van der Waals surface area contributed by atoms with Crippen molar-refractivity contribution in [1.82, 2.24) is 9.71 Å². The summed E-state index contributed by atoms with van der Waals surface area (Å²) < 4.78 is 26.5. The van der Waals surface area contributed by atoms with E-state index in [2.05, 4.69) is 9.71 Å². The Morgan fingerprint density at radius 2 is 2.14 bits per heavy atom. The molecule has 1 heterocycles. The van der Waals surface area contributed by atoms with Crippen molar-refractivity contribution >= 4 is 39.1 Å². The second-order valence-electron chi connectivity index (χ2n) is 4.09. The zero-order chi connectivity index (χ0) is 15.5. The zero-order valence-corrected chi connectivity index (χ0v) is 13.6. The van der Waals surface area contributed by atoms with E-state index >= 15 is 0 Å². The van der Waals surface area contributed by atoms with Gasteiger partial charge in [0, 0.05) is 23.3 Å². The molecule has 0 saturated carbocycles. The molecule has 2 rings (SSSR count). The van der Waals surface area contributed by atoms with E-state index in [0.29, 0.717) is 27.2 Å². The molecule has 8 heteroatoms. The Labute approximate surface area is 133 Å². The Kier molecular flexibility index (Phi) is 5.10. The summed E-state index contributed by atoms with van der Waals surface area (Å²) in [7, 11) is -3.52. The molecule has 0 spiro atoms. The number of nitrogen functional groups attached to an aromatic ring is 1. The van der Waals surface area contributed by atoms with Gasteiger partial charge in [-0.05, 0) is 30.3 Å². The van der Waals surface area contributed by atoms with E-state index in [1.54, 1.807) is 31.3 Å². The van der Waals surface area contributed by atoms with Crippen molar-refractivity contribution in [3.63, 3.8) is 0 Å². The smallest absolute Gasteiger partial charge is 0.240 e. The van der Waals surface area contributed by atoms with E-state index in [0.717, 1.165) is 0 Å². The van der Waals surface area contributed by atoms with Crippen LogP contribution in [0.15, 0.2) is 51.3 Å². The fourth-order valence-corrected chi connectivity index (χ4v) is 3.83. The van der Waals surface area contributed by atoms with Gasteiger partial charge < -0.3 is 5.73 Å². The Morgan fingerprint density at radius 3 is 2.81 bits per heavy atom. The summed E-state index contributed by atoms with van der Waals surface area (Å²) in [5.41, 5.74) is 6.37. The highest BCUT2D eigenvalue weighted by Crippen LogP contribution is 2.35. The molecule has 2 aromatic rings. The standard InChI is InChI=1S/C13H14ClN3O2S2/c1-2-17-21(18,19)9-5-6-11(15)12(8-9)20-13-10(14)4-3-7-16-13/h3-8,17H,2,15H2,1H3. The van der Waals surface area contributed by atoms with Gasteiger partial charge >= 0.3 is 0 Å². The first-order valence-corrected chi connectivity index (χ1v) is 8.79. The number of nitrogens with two attached hydrogens (primary N) is 1. The number of nitrogens with zero attached hydrogens (tertiary/aromatic N) is 1. The number of nitrogens with one attached hydrogen (secondary N) is 1. The van der Waals surface area contributed by atoms with E-state index in [-0.39, 0.29) is 4.90 Å². The van der Waals surface area contributed by atoms with Crippen LogP contribution in [0, 0.1) is 0 Å². The van der Waals surface area contributed by atoms with Crippen LogP contribution in [-0.2, 0) is 10.0 Å². The van der Waals surface area contributed by atoms with Crippen LogP contribution in [-0.4, -0.2) is 19.9 Å². The lowest BCUT2D eigenvalue weighted by Gasteiger charge is -2.09. The summed E-state index contributed by atoms with van der Waals surface area (Å²) in [4.78, 5) is 4.91. The van der Waals surface area contributed by atoms with Crippen LogP contribution < -0.4 is 10.5 Å².